The number of ether oxygens (including phenoxy) is 3. The zero-order valence-corrected chi connectivity index (χ0v) is 16.6. The Morgan fingerprint density at radius 1 is 1.23 bits per heavy atom. The van der Waals surface area contributed by atoms with Crippen molar-refractivity contribution in [3.05, 3.63) is 0 Å². The maximum absolute atomic E-state index is 12.1. The Labute approximate surface area is 176 Å². The van der Waals surface area contributed by atoms with E-state index in [2.05, 4.69) is 5.32 Å². The van der Waals surface area contributed by atoms with E-state index < -0.39 is 98.8 Å². The van der Waals surface area contributed by atoms with Crippen LogP contribution >= 0.6 is 0 Å². The number of carboxylic acids is 1. The predicted octanol–water partition coefficient (Wildman–Crippen LogP) is -5.02. The van der Waals surface area contributed by atoms with Crippen LogP contribution < -0.4 is 5.32 Å². The van der Waals surface area contributed by atoms with Crippen LogP contribution in [0.1, 0.15) is 19.8 Å². The number of nitrogens with one attached hydrogen (secondary N) is 1. The molecule has 14 heteroatoms. The number of carbonyl (C=O) groups is 2. The van der Waals surface area contributed by atoms with E-state index in [1.165, 1.54) is 0 Å². The molecule has 14 nitrogen and oxygen atoms in total. The summed E-state index contributed by atoms with van der Waals surface area (Å²) in [7, 11) is 0. The first kappa shape index (κ1) is 25.8. The quantitative estimate of drug-likeness (QED) is 0.167. The fraction of sp³-hybridized carbons (Fsp3) is 0.882. The van der Waals surface area contributed by atoms with E-state index in [-0.39, 0.29) is 0 Å². The minimum absolute atomic E-state index is 0.409. The lowest BCUT2D eigenvalue weighted by atomic mass is 9.88. The lowest BCUT2D eigenvalue weighted by Crippen LogP contribution is -2.69. The number of aliphatic hydroxyl groups excluding tert-OH is 7. The fourth-order valence-corrected chi connectivity index (χ4v) is 3.68. The summed E-state index contributed by atoms with van der Waals surface area (Å²) >= 11 is 0. The van der Waals surface area contributed by atoms with E-state index in [0.29, 0.717) is 0 Å². The number of carbonyl (C=O) groups excluding carboxylic acids is 1. The third-order valence-corrected chi connectivity index (χ3v) is 5.24. The number of hydrogen-bond acceptors (Lipinski definition) is 12. The van der Waals surface area contributed by atoms with Crippen LogP contribution in [0.3, 0.4) is 0 Å². The van der Waals surface area contributed by atoms with Gasteiger partial charge in [-0.3, -0.25) is 4.79 Å². The van der Waals surface area contributed by atoms with E-state index in [1.54, 1.807) is 0 Å². The van der Waals surface area contributed by atoms with E-state index in [4.69, 9.17) is 19.3 Å². The van der Waals surface area contributed by atoms with Gasteiger partial charge in [0.2, 0.25) is 5.91 Å². The number of aliphatic hydroxyl groups is 7. The van der Waals surface area contributed by atoms with Crippen LogP contribution in [-0.4, -0.2) is 127 Å². The average Bonchev–Trinajstić information content (AvgIpc) is 2.70. The normalized spacial score (nSPS) is 40.7. The second-order valence-corrected chi connectivity index (χ2v) is 7.57. The third kappa shape index (κ3) is 5.67. The molecule has 0 aromatic heterocycles. The lowest BCUT2D eigenvalue weighted by molar-refractivity contribution is -0.347. The van der Waals surface area contributed by atoms with Gasteiger partial charge in [-0.1, -0.05) is 0 Å². The fourth-order valence-electron chi connectivity index (χ4n) is 3.68. The molecule has 10 atom stereocenters. The molecule has 0 aromatic rings. The molecule has 9 N–H and O–H groups in total. The summed E-state index contributed by atoms with van der Waals surface area (Å²) in [5, 5.41) is 81.3. The first-order valence-electron chi connectivity index (χ1n) is 9.59. The molecule has 2 heterocycles. The first-order valence-corrected chi connectivity index (χ1v) is 9.59. The number of aliphatic carboxylic acids is 1. The molecular weight excluding hydrogens is 426 g/mol. The number of carboxylic acid groups (broad SMARTS) is 1. The van der Waals surface area contributed by atoms with Gasteiger partial charge in [-0.15, -0.1) is 0 Å². The second-order valence-electron chi connectivity index (χ2n) is 7.57. The van der Waals surface area contributed by atoms with Crippen molar-refractivity contribution < 1.29 is 64.7 Å². The Morgan fingerprint density at radius 3 is 2.39 bits per heavy atom. The zero-order valence-electron chi connectivity index (χ0n) is 16.6. The van der Waals surface area contributed by atoms with Gasteiger partial charge >= 0.3 is 5.97 Å². The summed E-state index contributed by atoms with van der Waals surface area (Å²) in [4.78, 5) is 23.6. The predicted molar refractivity (Wildman–Crippen MR) is 96.0 cm³/mol. The van der Waals surface area contributed by atoms with Crippen molar-refractivity contribution in [3.8, 4) is 0 Å². The maximum Gasteiger partial charge on any atom is 0.364 e. The summed E-state index contributed by atoms with van der Waals surface area (Å²) in [6, 6.07) is -1.37. The monoisotopic (exact) mass is 455 g/mol. The molecule has 2 saturated heterocycles. The Morgan fingerprint density at radius 2 is 1.87 bits per heavy atom. The summed E-state index contributed by atoms with van der Waals surface area (Å²) < 4.78 is 15.8. The molecule has 0 unspecified atom stereocenters. The second kappa shape index (κ2) is 10.4. The molecule has 180 valence electrons. The highest BCUT2D eigenvalue weighted by Gasteiger charge is 2.57. The van der Waals surface area contributed by atoms with Gasteiger partial charge in [0.05, 0.1) is 31.5 Å². The molecule has 0 saturated carbocycles. The smallest absolute Gasteiger partial charge is 0.364 e. The van der Waals surface area contributed by atoms with Crippen molar-refractivity contribution >= 4 is 11.9 Å². The van der Waals surface area contributed by atoms with Gasteiger partial charge in [0, 0.05) is 19.8 Å². The first-order chi connectivity index (χ1) is 14.5. The van der Waals surface area contributed by atoms with E-state index >= 15 is 0 Å². The molecule has 1 amide bonds. The minimum Gasteiger partial charge on any atom is -0.477 e. The van der Waals surface area contributed by atoms with Gasteiger partial charge in [-0.05, 0) is 0 Å². The van der Waals surface area contributed by atoms with Crippen LogP contribution in [0, 0.1) is 0 Å². The number of amides is 1. The van der Waals surface area contributed by atoms with Gasteiger partial charge in [-0.25, -0.2) is 4.79 Å². The maximum atomic E-state index is 12.1. The molecule has 0 aliphatic carbocycles. The zero-order chi connectivity index (χ0) is 23.5. The van der Waals surface area contributed by atoms with Crippen molar-refractivity contribution in [1.29, 1.82) is 0 Å². The highest BCUT2D eigenvalue weighted by atomic mass is 16.7. The summed E-state index contributed by atoms with van der Waals surface area (Å²) in [6.45, 7) is -0.548. The van der Waals surface area contributed by atoms with E-state index in [1.807, 2.05) is 0 Å². The van der Waals surface area contributed by atoms with Crippen molar-refractivity contribution in [2.75, 3.05) is 13.2 Å². The van der Waals surface area contributed by atoms with Crippen LogP contribution in [0.5, 0.6) is 0 Å². The van der Waals surface area contributed by atoms with Crippen molar-refractivity contribution in [1.82, 2.24) is 5.32 Å². The van der Waals surface area contributed by atoms with Crippen LogP contribution in [0.2, 0.25) is 0 Å². The molecular formula is C17H29NO13. The Hall–Kier alpha value is -1.46. The minimum atomic E-state index is -2.68. The molecule has 0 spiro atoms. The summed E-state index contributed by atoms with van der Waals surface area (Å²) in [5.74, 6) is -5.10. The summed E-state index contributed by atoms with van der Waals surface area (Å²) in [5.41, 5.74) is 0. The van der Waals surface area contributed by atoms with Crippen molar-refractivity contribution in [3.63, 3.8) is 0 Å². The lowest BCUT2D eigenvalue weighted by Gasteiger charge is -2.48. The van der Waals surface area contributed by atoms with Crippen LogP contribution in [0.15, 0.2) is 0 Å². The van der Waals surface area contributed by atoms with Gasteiger partial charge in [-0.2, -0.15) is 0 Å². The Bertz CT molecular complexity index is 635. The molecule has 2 aliphatic rings. The Balaban J connectivity index is 2.37. The molecule has 0 radical (unpaired) electrons. The van der Waals surface area contributed by atoms with Crippen molar-refractivity contribution in [2.45, 2.75) is 80.6 Å². The van der Waals surface area contributed by atoms with Crippen molar-refractivity contribution in [2.24, 2.45) is 0 Å². The van der Waals surface area contributed by atoms with Gasteiger partial charge in [0.25, 0.3) is 5.79 Å². The Kier molecular flexibility index (Phi) is 8.69. The molecule has 0 bridgehead atoms. The molecule has 2 fully saturated rings. The standard InChI is InChI=1S/C17H29NO13/c1-6(21)18-12-7(22)3-17(16(27)28,31-15(12)13(25)8(23)4-19)30-9-2-11(24)29-10(5-20)14(9)26/h7-15,19-20,22-26H,2-5H2,1H3,(H,18,21)(H,27,28)/t7-,8+,9+,10+,11+,12+,13+,14+,15+,17+/m0/s1. The highest BCUT2D eigenvalue weighted by Crippen LogP contribution is 2.36. The SMILES string of the molecule is CC(=O)N[C@H]1[C@H]([C@H](O)[C@H](O)CO)O[C@@](O[C@@H]2C[C@H](O)O[C@H](CO)[C@@H]2O)(C(=O)O)C[C@@H]1O. The number of rotatable bonds is 8. The number of hydrogen-bond donors (Lipinski definition) is 9. The topological polar surface area (TPSA) is 236 Å². The molecule has 0 aromatic carbocycles. The van der Waals surface area contributed by atoms with E-state index in [0.717, 1.165) is 6.92 Å². The third-order valence-electron chi connectivity index (χ3n) is 5.24. The average molecular weight is 455 g/mol. The molecule has 31 heavy (non-hydrogen) atoms. The van der Waals surface area contributed by atoms with Crippen LogP contribution in [0.4, 0.5) is 0 Å². The van der Waals surface area contributed by atoms with Crippen LogP contribution in [0.25, 0.3) is 0 Å². The van der Waals surface area contributed by atoms with Crippen LogP contribution in [-0.2, 0) is 23.8 Å². The van der Waals surface area contributed by atoms with E-state index in [9.17, 15) is 45.3 Å². The largest absolute Gasteiger partial charge is 0.477 e. The van der Waals surface area contributed by atoms with Gasteiger partial charge in [0.15, 0.2) is 6.29 Å². The summed E-state index contributed by atoms with van der Waals surface area (Å²) in [6.07, 6.45) is -14.2. The molecule has 2 rings (SSSR count). The highest BCUT2D eigenvalue weighted by molar-refractivity contribution is 5.76. The molecule has 2 aliphatic heterocycles. The van der Waals surface area contributed by atoms with Gasteiger partial charge in [0.1, 0.15) is 30.5 Å². The van der Waals surface area contributed by atoms with Gasteiger partial charge < -0.3 is 60.4 Å².